The molecule has 0 amide bonds. The van der Waals surface area contributed by atoms with Crippen LogP contribution in [0.25, 0.3) is 0 Å². The van der Waals surface area contributed by atoms with E-state index in [0.717, 1.165) is 0 Å². The molecule has 0 heterocycles. The minimum Gasteiger partial charge on any atom is -0.495 e. The van der Waals surface area contributed by atoms with Crippen molar-refractivity contribution in [3.05, 3.63) is 23.8 Å². The van der Waals surface area contributed by atoms with Gasteiger partial charge in [0.1, 0.15) is 10.6 Å². The fourth-order valence-corrected chi connectivity index (χ4v) is 2.06. The number of ether oxygens (including phenoxy) is 1. The zero-order valence-corrected chi connectivity index (χ0v) is 9.08. The van der Waals surface area contributed by atoms with Crippen molar-refractivity contribution in [3.8, 4) is 5.75 Å². The lowest BCUT2D eigenvalue weighted by atomic mass is 10.1. The van der Waals surface area contributed by atoms with Crippen molar-refractivity contribution in [2.24, 2.45) is 5.14 Å². The summed E-state index contributed by atoms with van der Waals surface area (Å²) >= 11 is 0. The molecule has 1 aromatic rings. The lowest BCUT2D eigenvalue weighted by Crippen LogP contribution is -2.14. The van der Waals surface area contributed by atoms with E-state index in [9.17, 15) is 13.5 Å². The summed E-state index contributed by atoms with van der Waals surface area (Å²) in [6.07, 6.45) is 0.215. The van der Waals surface area contributed by atoms with Gasteiger partial charge in [-0.25, -0.2) is 18.7 Å². The third-order valence-electron chi connectivity index (χ3n) is 1.94. The molecule has 0 aromatic heterocycles. The quantitative estimate of drug-likeness (QED) is 0.807. The van der Waals surface area contributed by atoms with E-state index < -0.39 is 10.0 Å². The van der Waals surface area contributed by atoms with E-state index in [-0.39, 0.29) is 23.7 Å². The molecule has 0 aliphatic rings. The Morgan fingerprint density at radius 3 is 2.53 bits per heavy atom. The Kier molecular flexibility index (Phi) is 3.67. The number of methoxy groups -OCH3 is 1. The maximum Gasteiger partial charge on any atom is 0.241 e. The number of rotatable bonds is 4. The number of para-hydroxylation sites is 1. The molecular weight excluding hydrogens is 218 g/mol. The first-order valence-corrected chi connectivity index (χ1v) is 5.82. The predicted octanol–water partition coefficient (Wildman–Crippen LogP) is 0.316. The molecule has 6 heteroatoms. The van der Waals surface area contributed by atoms with E-state index in [0.29, 0.717) is 5.56 Å². The zero-order valence-electron chi connectivity index (χ0n) is 8.26. The lowest BCUT2D eigenvalue weighted by Gasteiger charge is -2.10. The van der Waals surface area contributed by atoms with Gasteiger partial charge in [-0.05, 0) is 11.6 Å². The minimum absolute atomic E-state index is 0.0871. The summed E-state index contributed by atoms with van der Waals surface area (Å²) in [7, 11) is -2.47. The van der Waals surface area contributed by atoms with Crippen LogP contribution in [-0.2, 0) is 21.6 Å². The third-order valence-corrected chi connectivity index (χ3v) is 2.88. The Labute approximate surface area is 88.5 Å². The molecule has 0 saturated carbocycles. The summed E-state index contributed by atoms with van der Waals surface area (Å²) in [5, 5.41) is 15.5. The van der Waals surface area contributed by atoms with Gasteiger partial charge in [0.25, 0.3) is 0 Å². The molecular formula is C9H12NO4S. The highest BCUT2D eigenvalue weighted by atomic mass is 32.2. The van der Waals surface area contributed by atoms with Crippen molar-refractivity contribution >= 4 is 10.0 Å². The van der Waals surface area contributed by atoms with E-state index in [2.05, 4.69) is 0 Å². The Hall–Kier alpha value is -1.11. The molecule has 0 fully saturated rings. The summed E-state index contributed by atoms with van der Waals surface area (Å²) in [6, 6.07) is 4.53. The number of benzene rings is 1. The topological polar surface area (TPSA) is 89.3 Å². The fraction of sp³-hybridized carbons (Fsp3) is 0.333. The molecule has 0 unspecified atom stereocenters. The normalized spacial score (nSPS) is 11.4. The summed E-state index contributed by atoms with van der Waals surface area (Å²) in [5.41, 5.74) is 0.555. The first-order valence-electron chi connectivity index (χ1n) is 4.27. The molecule has 0 spiro atoms. The SMILES string of the molecule is COc1c(CC[O])cccc1S(N)(=O)=O. The molecule has 0 atom stereocenters. The van der Waals surface area contributed by atoms with Crippen molar-refractivity contribution in [1.29, 1.82) is 0 Å². The van der Waals surface area contributed by atoms with Crippen LogP contribution in [0.4, 0.5) is 0 Å². The van der Waals surface area contributed by atoms with Crippen LogP contribution in [0.3, 0.4) is 0 Å². The predicted molar refractivity (Wildman–Crippen MR) is 53.6 cm³/mol. The van der Waals surface area contributed by atoms with Gasteiger partial charge in [-0.3, -0.25) is 0 Å². The number of primary sulfonamides is 1. The van der Waals surface area contributed by atoms with Crippen molar-refractivity contribution in [1.82, 2.24) is 0 Å². The summed E-state index contributed by atoms with van der Waals surface area (Å²) in [6.45, 7) is -0.329. The summed E-state index contributed by atoms with van der Waals surface area (Å²) in [5.74, 6) is 0.163. The van der Waals surface area contributed by atoms with Crippen molar-refractivity contribution in [2.45, 2.75) is 11.3 Å². The van der Waals surface area contributed by atoms with E-state index in [1.54, 1.807) is 6.07 Å². The number of hydrogen-bond donors (Lipinski definition) is 1. The van der Waals surface area contributed by atoms with Crippen LogP contribution in [0.1, 0.15) is 5.56 Å². The smallest absolute Gasteiger partial charge is 0.241 e. The van der Waals surface area contributed by atoms with E-state index in [1.807, 2.05) is 0 Å². The average Bonchev–Trinajstić information content (AvgIpc) is 2.16. The van der Waals surface area contributed by atoms with Crippen LogP contribution in [0.5, 0.6) is 5.75 Å². The van der Waals surface area contributed by atoms with Crippen LogP contribution >= 0.6 is 0 Å². The van der Waals surface area contributed by atoms with Gasteiger partial charge >= 0.3 is 0 Å². The van der Waals surface area contributed by atoms with Gasteiger partial charge < -0.3 is 4.74 Å². The van der Waals surface area contributed by atoms with E-state index in [1.165, 1.54) is 19.2 Å². The zero-order chi connectivity index (χ0) is 11.5. The van der Waals surface area contributed by atoms with Crippen LogP contribution in [0, 0.1) is 0 Å². The second-order valence-electron chi connectivity index (χ2n) is 2.95. The van der Waals surface area contributed by atoms with Gasteiger partial charge in [0.05, 0.1) is 13.7 Å². The standard InChI is InChI=1S/C9H12NO4S/c1-14-9-7(5-6-11)3-2-4-8(9)15(10,12)13/h2-4H,5-6H2,1H3,(H2,10,12,13). The molecule has 0 aliphatic carbocycles. The lowest BCUT2D eigenvalue weighted by molar-refractivity contribution is 0.196. The maximum absolute atomic E-state index is 11.2. The van der Waals surface area contributed by atoms with Crippen molar-refractivity contribution in [2.75, 3.05) is 13.7 Å². The highest BCUT2D eigenvalue weighted by molar-refractivity contribution is 7.89. The molecule has 0 bridgehead atoms. The van der Waals surface area contributed by atoms with Gasteiger partial charge in [0.2, 0.25) is 10.0 Å². The molecule has 83 valence electrons. The number of sulfonamides is 1. The Balaban J connectivity index is 3.35. The van der Waals surface area contributed by atoms with Gasteiger partial charge in [-0.15, -0.1) is 0 Å². The fourth-order valence-electron chi connectivity index (χ4n) is 1.32. The van der Waals surface area contributed by atoms with Gasteiger partial charge in [-0.1, -0.05) is 12.1 Å². The summed E-state index contributed by atoms with van der Waals surface area (Å²) < 4.78 is 27.3. The Morgan fingerprint density at radius 1 is 1.40 bits per heavy atom. The second kappa shape index (κ2) is 4.61. The second-order valence-corrected chi connectivity index (χ2v) is 4.48. The van der Waals surface area contributed by atoms with Crippen molar-refractivity contribution < 1.29 is 18.3 Å². The number of hydrogen-bond acceptors (Lipinski definition) is 3. The molecule has 0 saturated heterocycles. The first-order chi connectivity index (χ1) is 7.00. The molecule has 0 aliphatic heterocycles. The first kappa shape index (κ1) is 12.0. The van der Waals surface area contributed by atoms with Gasteiger partial charge in [0, 0.05) is 6.42 Å². The Bertz CT molecular complexity index is 441. The van der Waals surface area contributed by atoms with Crippen LogP contribution in [-0.4, -0.2) is 22.1 Å². The number of nitrogens with two attached hydrogens (primary N) is 1. The third kappa shape index (κ3) is 2.68. The van der Waals surface area contributed by atoms with Crippen LogP contribution in [0.2, 0.25) is 0 Å². The molecule has 5 nitrogen and oxygen atoms in total. The van der Waals surface area contributed by atoms with Crippen LogP contribution in [0.15, 0.2) is 23.1 Å². The van der Waals surface area contributed by atoms with Gasteiger partial charge in [-0.2, -0.15) is 0 Å². The molecule has 2 N–H and O–H groups in total. The largest absolute Gasteiger partial charge is 0.495 e. The monoisotopic (exact) mass is 230 g/mol. The van der Waals surface area contributed by atoms with Crippen molar-refractivity contribution in [3.63, 3.8) is 0 Å². The maximum atomic E-state index is 11.2. The molecule has 1 radical (unpaired) electrons. The summed E-state index contributed by atoms with van der Waals surface area (Å²) in [4.78, 5) is -0.0871. The molecule has 1 rings (SSSR count). The average molecular weight is 230 g/mol. The van der Waals surface area contributed by atoms with Crippen LogP contribution < -0.4 is 9.88 Å². The highest BCUT2D eigenvalue weighted by Gasteiger charge is 2.17. The highest BCUT2D eigenvalue weighted by Crippen LogP contribution is 2.27. The molecule has 1 aromatic carbocycles. The van der Waals surface area contributed by atoms with E-state index in [4.69, 9.17) is 9.88 Å². The van der Waals surface area contributed by atoms with Gasteiger partial charge in [0.15, 0.2) is 0 Å². The minimum atomic E-state index is -3.81. The van der Waals surface area contributed by atoms with E-state index >= 15 is 0 Å². The Morgan fingerprint density at radius 2 is 2.07 bits per heavy atom. The molecule has 15 heavy (non-hydrogen) atoms.